The van der Waals surface area contributed by atoms with Crippen LogP contribution in [0.4, 0.5) is 13.2 Å². The van der Waals surface area contributed by atoms with Gasteiger partial charge in [-0.1, -0.05) is 0 Å². The molecule has 0 aliphatic carbocycles. The first-order valence-electron chi connectivity index (χ1n) is 1.12. The Kier molecular flexibility index (Phi) is 6.68. The normalized spacial score (nSPS) is 14.5. The van der Waals surface area contributed by atoms with Crippen molar-refractivity contribution in [1.82, 2.24) is 0 Å². The molecule has 0 rings (SSSR count). The molecule has 0 bridgehead atoms. The van der Waals surface area contributed by atoms with Gasteiger partial charge in [-0.2, -0.15) is 13.2 Å². The summed E-state index contributed by atoms with van der Waals surface area (Å²) in [6.45, 7) is 0. The summed E-state index contributed by atoms with van der Waals surface area (Å²) in [5, 5.41) is 0. The molecule has 8 heavy (non-hydrogen) atoms. The maximum absolute atomic E-state index is 10.6. The minimum absolute atomic E-state index is 0. The van der Waals surface area contributed by atoms with Crippen LogP contribution < -0.4 is 0 Å². The van der Waals surface area contributed by atoms with E-state index in [9.17, 15) is 13.2 Å². The molecule has 0 amide bonds. The maximum atomic E-state index is 10.6. The Morgan fingerprint density at radius 2 is 1.50 bits per heavy atom. The summed E-state index contributed by atoms with van der Waals surface area (Å²) in [5.41, 5.74) is -4.97. The van der Waals surface area contributed by atoms with Crippen molar-refractivity contribution in [3.8, 4) is 0 Å². The van der Waals surface area contributed by atoms with Crippen LogP contribution in [0.2, 0.25) is 0 Å². The summed E-state index contributed by atoms with van der Waals surface area (Å²) >= 11 is -3.68. The zero-order valence-corrected chi connectivity index (χ0v) is 3.71. The molecule has 0 radical (unpaired) electrons. The van der Waals surface area contributed by atoms with E-state index in [1.165, 1.54) is 0 Å². The van der Waals surface area contributed by atoms with E-state index in [1.807, 2.05) is 0 Å². The van der Waals surface area contributed by atoms with Crippen LogP contribution in [0.15, 0.2) is 0 Å². The number of hydrogen-bond donors (Lipinski definition) is 1. The zero-order chi connectivity index (χ0) is 6.08. The monoisotopic (exact) mass is 174 g/mol. The summed E-state index contributed by atoms with van der Waals surface area (Å²) < 4.78 is 48.1. The van der Waals surface area contributed by atoms with E-state index in [1.54, 1.807) is 0 Å². The van der Waals surface area contributed by atoms with Gasteiger partial charge in [-0.3, -0.25) is 4.55 Å². The number of alkyl halides is 3. The van der Waals surface area contributed by atoms with Gasteiger partial charge in [0.05, 0.1) is 0 Å². The van der Waals surface area contributed by atoms with E-state index >= 15 is 0 Å². The molecule has 1 N–H and O–H groups in total. The van der Waals surface area contributed by atoms with Crippen LogP contribution in [0.3, 0.4) is 0 Å². The second-order valence-corrected chi connectivity index (χ2v) is 1.66. The van der Waals surface area contributed by atoms with Crippen molar-refractivity contribution in [2.45, 2.75) is 5.51 Å². The average Bonchev–Trinajstić information content (AvgIpc) is 1.31. The van der Waals surface area contributed by atoms with Crippen molar-refractivity contribution in [2.75, 3.05) is 0 Å². The van der Waals surface area contributed by atoms with Crippen LogP contribution in [-0.2, 0) is 11.1 Å². The van der Waals surface area contributed by atoms with E-state index in [0.29, 0.717) is 0 Å². The molecule has 0 spiro atoms. The van der Waals surface area contributed by atoms with Crippen molar-refractivity contribution >= 4 is 62.5 Å². The van der Waals surface area contributed by atoms with Crippen molar-refractivity contribution < 1.29 is 21.9 Å². The molecule has 0 aromatic heterocycles. The first-order valence-corrected chi connectivity index (χ1v) is 2.23. The average molecular weight is 174 g/mol. The Hall–Kier alpha value is 1.54. The molecule has 1 atom stereocenters. The molecule has 1 unspecified atom stereocenters. The van der Waals surface area contributed by atoms with Gasteiger partial charge in [0.15, 0.2) is 0 Å². The third-order valence-corrected chi connectivity index (χ3v) is 0.594. The molecule has 7 heteroatoms. The topological polar surface area (TPSA) is 37.3 Å². The van der Waals surface area contributed by atoms with Crippen LogP contribution >= 0.6 is 0 Å². The van der Waals surface area contributed by atoms with E-state index < -0.39 is 16.6 Å². The summed E-state index contributed by atoms with van der Waals surface area (Å²) in [6.07, 6.45) is 0. The van der Waals surface area contributed by atoms with Crippen LogP contribution in [0, 0.1) is 0 Å². The fourth-order valence-electron chi connectivity index (χ4n) is 0. The fourth-order valence-corrected chi connectivity index (χ4v) is 0. The van der Waals surface area contributed by atoms with Gasteiger partial charge in [0, 0.05) is 0 Å². The zero-order valence-electron chi connectivity index (χ0n) is 2.90. The van der Waals surface area contributed by atoms with Crippen LogP contribution in [-0.4, -0.2) is 65.7 Å². The van der Waals surface area contributed by atoms with Gasteiger partial charge in [-0.25, -0.2) is 4.21 Å². The molecule has 46 valence electrons. The molecule has 0 saturated heterocycles. The second-order valence-electron chi connectivity index (χ2n) is 0.695. The first kappa shape index (κ1) is 12.2. The van der Waals surface area contributed by atoms with E-state index in [2.05, 4.69) is 0 Å². The third-order valence-electron chi connectivity index (χ3n) is 0.198. The van der Waals surface area contributed by atoms with Gasteiger partial charge in [0.1, 0.15) is 0 Å². The first-order chi connectivity index (χ1) is 2.94. The van der Waals surface area contributed by atoms with Crippen molar-refractivity contribution in [3.63, 3.8) is 0 Å². The molecule has 0 aliphatic rings. The predicted molar refractivity (Wildman–Crippen MR) is 24.0 cm³/mol. The molecule has 0 aliphatic heterocycles. The van der Waals surface area contributed by atoms with Gasteiger partial charge in [-0.15, -0.1) is 0 Å². The summed E-state index contributed by atoms with van der Waals surface area (Å²) in [5.74, 6) is 0. The predicted octanol–water partition coefficient (Wildman–Crippen LogP) is 0.0794. The SMILES string of the molecule is O=S(O)C(F)(F)F.[KH]. The Labute approximate surface area is 88.5 Å². The standard InChI is InChI=1S/CHF3O2S.K.H/c2-1(3,4)7(5)6;;/h(H,5,6);;. The van der Waals surface area contributed by atoms with Gasteiger partial charge in [-0.05, 0) is 0 Å². The molecule has 0 heterocycles. The van der Waals surface area contributed by atoms with Crippen LogP contribution in [0.25, 0.3) is 0 Å². The van der Waals surface area contributed by atoms with Gasteiger partial charge >= 0.3 is 56.9 Å². The minimum atomic E-state index is -4.97. The second kappa shape index (κ2) is 4.37. The van der Waals surface area contributed by atoms with Crippen molar-refractivity contribution in [2.24, 2.45) is 0 Å². The van der Waals surface area contributed by atoms with E-state index in [4.69, 9.17) is 8.76 Å². The number of hydrogen-bond acceptors (Lipinski definition) is 1. The molecule has 0 aromatic carbocycles. The van der Waals surface area contributed by atoms with E-state index in [-0.39, 0.29) is 51.4 Å². The third kappa shape index (κ3) is 5.67. The van der Waals surface area contributed by atoms with E-state index in [0.717, 1.165) is 0 Å². The summed E-state index contributed by atoms with van der Waals surface area (Å²) in [6, 6.07) is 0. The molecule has 2 nitrogen and oxygen atoms in total. The summed E-state index contributed by atoms with van der Waals surface area (Å²) in [7, 11) is 0. The Morgan fingerprint density at radius 3 is 1.50 bits per heavy atom. The Balaban J connectivity index is 0. The number of rotatable bonds is 0. The molecule has 0 fully saturated rings. The van der Waals surface area contributed by atoms with Gasteiger partial charge in [0.2, 0.25) is 0 Å². The summed E-state index contributed by atoms with van der Waals surface area (Å²) in [4.78, 5) is 0. The molecule has 0 aromatic rings. The van der Waals surface area contributed by atoms with Gasteiger partial charge in [0.25, 0.3) is 11.1 Å². The quantitative estimate of drug-likeness (QED) is 0.417. The molecule has 0 saturated carbocycles. The van der Waals surface area contributed by atoms with Crippen molar-refractivity contribution in [3.05, 3.63) is 0 Å². The number of halogens is 3. The molecular weight excluding hydrogens is 172 g/mol. The Morgan fingerprint density at radius 1 is 1.38 bits per heavy atom. The fraction of sp³-hybridized carbons (Fsp3) is 1.00. The van der Waals surface area contributed by atoms with Gasteiger partial charge < -0.3 is 0 Å². The van der Waals surface area contributed by atoms with Crippen LogP contribution in [0.5, 0.6) is 0 Å². The molecular formula is CH2F3KO2S. The van der Waals surface area contributed by atoms with Crippen LogP contribution in [0.1, 0.15) is 0 Å². The Bertz CT molecular complexity index is 89.8. The van der Waals surface area contributed by atoms with Crippen molar-refractivity contribution in [1.29, 1.82) is 0 Å².